The SMILES string of the molecule is C=CCn1cnnc1S[C@@H](C)C(N)=O. The number of hydrogen-bond acceptors (Lipinski definition) is 4. The smallest absolute Gasteiger partial charge is 0.230 e. The van der Waals surface area contributed by atoms with Gasteiger partial charge in [0.1, 0.15) is 6.33 Å². The average Bonchev–Trinajstić information content (AvgIpc) is 2.53. The van der Waals surface area contributed by atoms with Crippen LogP contribution < -0.4 is 5.73 Å². The number of carbonyl (C=O) groups is 1. The van der Waals surface area contributed by atoms with Crippen LogP contribution in [-0.4, -0.2) is 25.9 Å². The molecule has 0 spiro atoms. The highest BCUT2D eigenvalue weighted by Gasteiger charge is 2.14. The molecule has 14 heavy (non-hydrogen) atoms. The number of thioether (sulfide) groups is 1. The van der Waals surface area contributed by atoms with Crippen LogP contribution in [0.15, 0.2) is 24.1 Å². The van der Waals surface area contributed by atoms with E-state index in [0.29, 0.717) is 11.7 Å². The molecule has 1 rings (SSSR count). The normalized spacial score (nSPS) is 12.4. The van der Waals surface area contributed by atoms with Crippen LogP contribution in [0.2, 0.25) is 0 Å². The fourth-order valence-electron chi connectivity index (χ4n) is 0.816. The van der Waals surface area contributed by atoms with E-state index in [1.54, 1.807) is 23.9 Å². The van der Waals surface area contributed by atoms with E-state index < -0.39 is 0 Å². The van der Waals surface area contributed by atoms with Crippen LogP contribution in [0.5, 0.6) is 0 Å². The van der Waals surface area contributed by atoms with Crippen molar-refractivity contribution in [1.29, 1.82) is 0 Å². The molecule has 1 aromatic heterocycles. The molecule has 0 saturated carbocycles. The van der Waals surface area contributed by atoms with Gasteiger partial charge in [0, 0.05) is 6.54 Å². The minimum absolute atomic E-state index is 0.303. The Morgan fingerprint density at radius 2 is 2.64 bits per heavy atom. The van der Waals surface area contributed by atoms with Crippen LogP contribution in [0.3, 0.4) is 0 Å². The van der Waals surface area contributed by atoms with Crippen LogP contribution in [-0.2, 0) is 11.3 Å². The lowest BCUT2D eigenvalue weighted by molar-refractivity contribution is -0.117. The number of primary amides is 1. The van der Waals surface area contributed by atoms with E-state index in [1.165, 1.54) is 11.8 Å². The van der Waals surface area contributed by atoms with E-state index in [-0.39, 0.29) is 11.2 Å². The largest absolute Gasteiger partial charge is 0.369 e. The van der Waals surface area contributed by atoms with E-state index in [0.717, 1.165) is 0 Å². The van der Waals surface area contributed by atoms with Gasteiger partial charge in [0.25, 0.3) is 0 Å². The molecule has 0 saturated heterocycles. The first kappa shape index (κ1) is 10.8. The lowest BCUT2D eigenvalue weighted by Gasteiger charge is -2.06. The monoisotopic (exact) mass is 212 g/mol. The molecule has 1 atom stereocenters. The zero-order valence-corrected chi connectivity index (χ0v) is 8.70. The van der Waals surface area contributed by atoms with E-state index in [4.69, 9.17) is 5.73 Å². The third-order valence-electron chi connectivity index (χ3n) is 1.59. The predicted molar refractivity (Wildman–Crippen MR) is 54.7 cm³/mol. The third kappa shape index (κ3) is 2.59. The second kappa shape index (κ2) is 4.80. The van der Waals surface area contributed by atoms with E-state index in [2.05, 4.69) is 16.8 Å². The first-order valence-electron chi connectivity index (χ1n) is 4.09. The number of nitrogens with two attached hydrogens (primary N) is 1. The maximum atomic E-state index is 10.8. The van der Waals surface area contributed by atoms with Gasteiger partial charge in [0.2, 0.25) is 5.91 Å². The molecule has 1 amide bonds. The molecule has 6 heteroatoms. The highest BCUT2D eigenvalue weighted by Crippen LogP contribution is 2.20. The van der Waals surface area contributed by atoms with Crippen LogP contribution in [0.1, 0.15) is 6.92 Å². The lowest BCUT2D eigenvalue weighted by Crippen LogP contribution is -2.23. The Bertz CT molecular complexity index is 336. The van der Waals surface area contributed by atoms with Gasteiger partial charge < -0.3 is 10.3 Å². The Morgan fingerprint density at radius 1 is 1.93 bits per heavy atom. The van der Waals surface area contributed by atoms with Crippen molar-refractivity contribution in [3.05, 3.63) is 19.0 Å². The molecule has 76 valence electrons. The lowest BCUT2D eigenvalue weighted by atomic mass is 10.5. The van der Waals surface area contributed by atoms with Crippen molar-refractivity contribution in [3.63, 3.8) is 0 Å². The first-order chi connectivity index (χ1) is 6.65. The van der Waals surface area contributed by atoms with Crippen molar-refractivity contribution < 1.29 is 4.79 Å². The molecule has 0 fully saturated rings. The molecular weight excluding hydrogens is 200 g/mol. The molecule has 0 radical (unpaired) electrons. The van der Waals surface area contributed by atoms with Gasteiger partial charge in [-0.3, -0.25) is 4.79 Å². The van der Waals surface area contributed by atoms with Crippen LogP contribution >= 0.6 is 11.8 Å². The van der Waals surface area contributed by atoms with E-state index >= 15 is 0 Å². The summed E-state index contributed by atoms with van der Waals surface area (Å²) in [5, 5.41) is 8.00. The molecule has 0 aliphatic rings. The molecule has 0 unspecified atom stereocenters. The van der Waals surface area contributed by atoms with Gasteiger partial charge >= 0.3 is 0 Å². The van der Waals surface area contributed by atoms with E-state index in [9.17, 15) is 4.79 Å². The van der Waals surface area contributed by atoms with Gasteiger partial charge in [-0.05, 0) is 6.92 Å². The topological polar surface area (TPSA) is 73.8 Å². The van der Waals surface area contributed by atoms with Crippen LogP contribution in [0.25, 0.3) is 0 Å². The fraction of sp³-hybridized carbons (Fsp3) is 0.375. The van der Waals surface area contributed by atoms with Crippen molar-refractivity contribution in [2.24, 2.45) is 5.73 Å². The number of amides is 1. The quantitative estimate of drug-likeness (QED) is 0.567. The van der Waals surface area contributed by atoms with Crippen molar-refractivity contribution in [2.75, 3.05) is 0 Å². The summed E-state index contributed by atoms with van der Waals surface area (Å²) in [7, 11) is 0. The zero-order valence-electron chi connectivity index (χ0n) is 7.88. The maximum Gasteiger partial charge on any atom is 0.230 e. The molecule has 0 aromatic carbocycles. The average molecular weight is 212 g/mol. The van der Waals surface area contributed by atoms with Gasteiger partial charge in [-0.15, -0.1) is 16.8 Å². The van der Waals surface area contributed by atoms with Gasteiger partial charge in [0.15, 0.2) is 5.16 Å². The van der Waals surface area contributed by atoms with Crippen LogP contribution in [0.4, 0.5) is 0 Å². The van der Waals surface area contributed by atoms with Crippen molar-refractivity contribution >= 4 is 17.7 Å². The fourth-order valence-corrected chi connectivity index (χ4v) is 1.60. The number of carbonyl (C=O) groups excluding carboxylic acids is 1. The third-order valence-corrected chi connectivity index (χ3v) is 2.70. The highest BCUT2D eigenvalue weighted by molar-refractivity contribution is 8.00. The highest BCUT2D eigenvalue weighted by atomic mass is 32.2. The minimum atomic E-state index is -0.358. The second-order valence-corrected chi connectivity index (χ2v) is 4.02. The number of allylic oxidation sites excluding steroid dienone is 1. The van der Waals surface area contributed by atoms with Crippen LogP contribution in [0, 0.1) is 0 Å². The summed E-state index contributed by atoms with van der Waals surface area (Å²) in [4.78, 5) is 10.8. The summed E-state index contributed by atoms with van der Waals surface area (Å²) in [6.07, 6.45) is 3.33. The van der Waals surface area contributed by atoms with Crippen molar-refractivity contribution in [1.82, 2.24) is 14.8 Å². The maximum absolute atomic E-state index is 10.8. The number of aromatic nitrogens is 3. The first-order valence-corrected chi connectivity index (χ1v) is 4.97. The summed E-state index contributed by atoms with van der Waals surface area (Å²) >= 11 is 1.29. The Morgan fingerprint density at radius 3 is 3.21 bits per heavy atom. The summed E-state index contributed by atoms with van der Waals surface area (Å²) in [6.45, 7) is 5.98. The molecule has 1 heterocycles. The molecule has 0 aliphatic carbocycles. The van der Waals surface area contributed by atoms with Gasteiger partial charge in [-0.1, -0.05) is 17.8 Å². The van der Waals surface area contributed by atoms with Crippen molar-refractivity contribution in [3.8, 4) is 0 Å². The number of rotatable bonds is 5. The standard InChI is InChI=1S/C8H12N4OS/c1-3-4-12-5-10-11-8(12)14-6(2)7(9)13/h3,5-6H,1,4H2,2H3,(H2,9,13)/t6-/m0/s1. The van der Waals surface area contributed by atoms with Gasteiger partial charge in [-0.25, -0.2) is 0 Å². The molecule has 0 aliphatic heterocycles. The Balaban J connectivity index is 2.70. The number of hydrogen-bond donors (Lipinski definition) is 1. The number of nitrogens with zero attached hydrogens (tertiary/aromatic N) is 3. The summed E-state index contributed by atoms with van der Waals surface area (Å²) < 4.78 is 1.80. The summed E-state index contributed by atoms with van der Waals surface area (Å²) in [6, 6.07) is 0. The predicted octanol–water partition coefficient (Wildman–Crippen LogP) is 0.430. The Hall–Kier alpha value is -1.30. The Labute approximate surface area is 86.4 Å². The second-order valence-electron chi connectivity index (χ2n) is 2.72. The molecular formula is C8H12N4OS. The van der Waals surface area contributed by atoms with E-state index in [1.807, 2.05) is 0 Å². The molecule has 5 nitrogen and oxygen atoms in total. The molecule has 1 aromatic rings. The molecule has 0 bridgehead atoms. The zero-order chi connectivity index (χ0) is 10.6. The minimum Gasteiger partial charge on any atom is -0.369 e. The van der Waals surface area contributed by atoms with Gasteiger partial charge in [-0.2, -0.15) is 0 Å². The molecule has 2 N–H and O–H groups in total. The van der Waals surface area contributed by atoms with Crippen molar-refractivity contribution in [2.45, 2.75) is 23.9 Å². The Kier molecular flexibility index (Phi) is 3.70. The van der Waals surface area contributed by atoms with Gasteiger partial charge in [0.05, 0.1) is 5.25 Å². The summed E-state index contributed by atoms with van der Waals surface area (Å²) in [5.41, 5.74) is 5.14. The summed E-state index contributed by atoms with van der Waals surface area (Å²) in [5.74, 6) is -0.358.